The molecule has 1 aliphatic heterocycles. The second-order valence-corrected chi connectivity index (χ2v) is 8.69. The molecule has 0 bridgehead atoms. The van der Waals surface area contributed by atoms with Crippen molar-refractivity contribution in [1.82, 2.24) is 4.98 Å². The van der Waals surface area contributed by atoms with E-state index < -0.39 is 0 Å². The molecule has 2 nitrogen and oxygen atoms in total. The molecule has 0 saturated carbocycles. The van der Waals surface area contributed by atoms with Crippen LogP contribution in [0.15, 0.2) is 115 Å². The third kappa shape index (κ3) is 2.53. The molecule has 2 heteroatoms. The van der Waals surface area contributed by atoms with E-state index in [2.05, 4.69) is 125 Å². The number of aromatic amines is 1. The Hall–Kier alpha value is -4.04. The number of para-hydroxylation sites is 3. The quantitative estimate of drug-likeness (QED) is 0.318. The molecule has 0 amide bonds. The van der Waals surface area contributed by atoms with E-state index in [0.717, 1.165) is 0 Å². The van der Waals surface area contributed by atoms with E-state index >= 15 is 0 Å². The summed E-state index contributed by atoms with van der Waals surface area (Å²) in [7, 11) is 0. The summed E-state index contributed by atoms with van der Waals surface area (Å²) in [5, 5.41) is 2.57. The van der Waals surface area contributed by atoms with Gasteiger partial charge in [0.2, 0.25) is 0 Å². The fourth-order valence-corrected chi connectivity index (χ4v) is 5.46. The Kier molecular flexibility index (Phi) is 3.71. The maximum atomic E-state index is 3.54. The van der Waals surface area contributed by atoms with Gasteiger partial charge in [0.1, 0.15) is 0 Å². The van der Waals surface area contributed by atoms with Crippen LogP contribution >= 0.6 is 0 Å². The minimum absolute atomic E-state index is 0.301. The summed E-state index contributed by atoms with van der Waals surface area (Å²) in [4.78, 5) is 6.02. The zero-order chi connectivity index (χ0) is 21.1. The zero-order valence-electron chi connectivity index (χ0n) is 17.6. The first-order valence-corrected chi connectivity index (χ1v) is 11.2. The maximum Gasteiger partial charge on any atom is 0.0630 e. The van der Waals surface area contributed by atoms with Crippen molar-refractivity contribution >= 4 is 38.8 Å². The predicted molar refractivity (Wildman–Crippen MR) is 134 cm³/mol. The van der Waals surface area contributed by atoms with Crippen LogP contribution in [-0.4, -0.2) is 11.0 Å². The van der Waals surface area contributed by atoms with Crippen molar-refractivity contribution < 1.29 is 0 Å². The molecule has 5 aromatic rings. The van der Waals surface area contributed by atoms with E-state index in [1.165, 1.54) is 49.9 Å². The molecule has 0 saturated heterocycles. The summed E-state index contributed by atoms with van der Waals surface area (Å²) < 4.78 is 0. The molecular weight excluding hydrogens is 388 g/mol. The van der Waals surface area contributed by atoms with E-state index in [0.29, 0.717) is 12.0 Å². The van der Waals surface area contributed by atoms with E-state index in [-0.39, 0.29) is 0 Å². The van der Waals surface area contributed by atoms with Crippen molar-refractivity contribution in [2.24, 2.45) is 0 Å². The summed E-state index contributed by atoms with van der Waals surface area (Å²) in [5.74, 6) is 0.338. The molecule has 0 spiro atoms. The van der Waals surface area contributed by atoms with Gasteiger partial charge in [-0.05, 0) is 53.1 Å². The minimum atomic E-state index is 0.301. The Bertz CT molecular complexity index is 1540. The average molecular weight is 411 g/mol. The van der Waals surface area contributed by atoms with Crippen LogP contribution in [0.1, 0.15) is 17.0 Å². The minimum Gasteiger partial charge on any atom is -0.355 e. The van der Waals surface area contributed by atoms with Gasteiger partial charge < -0.3 is 9.88 Å². The van der Waals surface area contributed by atoms with Gasteiger partial charge in [0.25, 0.3) is 0 Å². The lowest BCUT2D eigenvalue weighted by atomic mass is 9.86. The number of nitrogens with one attached hydrogen (secondary N) is 1. The topological polar surface area (TPSA) is 19.0 Å². The number of hydrogen-bond acceptors (Lipinski definition) is 1. The van der Waals surface area contributed by atoms with E-state index in [1.54, 1.807) is 0 Å². The largest absolute Gasteiger partial charge is 0.355 e. The van der Waals surface area contributed by atoms with Crippen molar-refractivity contribution in [1.29, 1.82) is 0 Å². The molecule has 1 aliphatic carbocycles. The number of rotatable bonds is 2. The fourth-order valence-electron chi connectivity index (χ4n) is 5.46. The molecule has 2 aliphatic rings. The summed E-state index contributed by atoms with van der Waals surface area (Å²) in [6.07, 6.45) is 7.15. The van der Waals surface area contributed by atoms with E-state index in [1.807, 2.05) is 0 Å². The van der Waals surface area contributed by atoms with E-state index in [4.69, 9.17) is 0 Å². The highest BCUT2D eigenvalue weighted by atomic mass is 15.2. The average Bonchev–Trinajstić information content (AvgIpc) is 3.39. The first-order valence-electron chi connectivity index (χ1n) is 11.2. The molecule has 2 atom stereocenters. The lowest BCUT2D eigenvalue weighted by Gasteiger charge is -2.29. The van der Waals surface area contributed by atoms with Gasteiger partial charge in [-0.15, -0.1) is 0 Å². The number of hydrogen-bond donors (Lipinski definition) is 1. The van der Waals surface area contributed by atoms with Crippen molar-refractivity contribution in [2.45, 2.75) is 12.0 Å². The highest BCUT2D eigenvalue weighted by molar-refractivity contribution is 6.08. The number of benzene rings is 4. The molecule has 1 aromatic heterocycles. The number of aromatic nitrogens is 1. The molecule has 7 rings (SSSR count). The van der Waals surface area contributed by atoms with Gasteiger partial charge in [-0.2, -0.15) is 0 Å². The summed E-state index contributed by atoms with van der Waals surface area (Å²) >= 11 is 0. The standard InChI is InChI=1S/C30H22N2/c1-2-8-22(9-3-1)32-29-13-7-5-11-24(29)26-19-21(15-17-30(26)32)20-14-16-28-25(18-20)23-10-4-6-12-27(23)31-28/h1-19,26,30-31H. The first-order chi connectivity index (χ1) is 15.9. The van der Waals surface area contributed by atoms with Crippen LogP contribution in [0.4, 0.5) is 11.4 Å². The molecular formula is C30H22N2. The molecule has 2 unspecified atom stereocenters. The lowest BCUT2D eigenvalue weighted by Crippen LogP contribution is -2.28. The molecule has 4 aromatic carbocycles. The Morgan fingerprint density at radius 3 is 2.41 bits per heavy atom. The van der Waals surface area contributed by atoms with Crippen LogP contribution in [0.25, 0.3) is 27.4 Å². The summed E-state index contributed by atoms with van der Waals surface area (Å²) in [6.45, 7) is 0. The first kappa shape index (κ1) is 17.6. The third-order valence-electron chi connectivity index (χ3n) is 6.93. The molecule has 0 fully saturated rings. The van der Waals surface area contributed by atoms with Crippen molar-refractivity contribution in [3.63, 3.8) is 0 Å². The molecule has 1 N–H and O–H groups in total. The fraction of sp³-hybridized carbons (Fsp3) is 0.0667. The van der Waals surface area contributed by atoms with Crippen LogP contribution in [0.5, 0.6) is 0 Å². The Labute approximate surface area is 187 Å². The number of nitrogens with zero attached hydrogens (tertiary/aromatic N) is 1. The van der Waals surface area contributed by atoms with E-state index in [9.17, 15) is 0 Å². The van der Waals surface area contributed by atoms with Gasteiger partial charge in [0, 0.05) is 39.1 Å². The van der Waals surface area contributed by atoms with Gasteiger partial charge in [-0.1, -0.05) is 78.9 Å². The van der Waals surface area contributed by atoms with Gasteiger partial charge in [0.15, 0.2) is 0 Å². The molecule has 152 valence electrons. The lowest BCUT2D eigenvalue weighted by molar-refractivity contribution is 0.747. The summed E-state index contributed by atoms with van der Waals surface area (Å²) in [6, 6.07) is 35.2. The smallest absolute Gasteiger partial charge is 0.0630 e. The van der Waals surface area contributed by atoms with Gasteiger partial charge in [-0.25, -0.2) is 0 Å². The van der Waals surface area contributed by atoms with Crippen LogP contribution < -0.4 is 4.90 Å². The maximum absolute atomic E-state index is 3.54. The Morgan fingerprint density at radius 1 is 0.688 bits per heavy atom. The van der Waals surface area contributed by atoms with Crippen molar-refractivity contribution in [2.75, 3.05) is 4.90 Å². The van der Waals surface area contributed by atoms with Crippen molar-refractivity contribution in [3.05, 3.63) is 126 Å². The number of allylic oxidation sites excluding steroid dienone is 2. The van der Waals surface area contributed by atoms with Gasteiger partial charge in [0.05, 0.1) is 6.04 Å². The van der Waals surface area contributed by atoms with Gasteiger partial charge in [-0.3, -0.25) is 0 Å². The summed E-state index contributed by atoms with van der Waals surface area (Å²) in [5.41, 5.74) is 8.90. The second-order valence-electron chi connectivity index (χ2n) is 8.69. The highest BCUT2D eigenvalue weighted by Gasteiger charge is 2.38. The molecule has 0 radical (unpaired) electrons. The van der Waals surface area contributed by atoms with Crippen LogP contribution in [0.2, 0.25) is 0 Å². The monoisotopic (exact) mass is 410 g/mol. The third-order valence-corrected chi connectivity index (χ3v) is 6.93. The highest BCUT2D eigenvalue weighted by Crippen LogP contribution is 2.49. The Balaban J connectivity index is 1.35. The number of fused-ring (bicyclic) bond motifs is 6. The molecule has 2 heterocycles. The van der Waals surface area contributed by atoms with Gasteiger partial charge >= 0.3 is 0 Å². The molecule has 32 heavy (non-hydrogen) atoms. The number of H-pyrrole nitrogens is 1. The van der Waals surface area contributed by atoms with Crippen molar-refractivity contribution in [3.8, 4) is 0 Å². The second kappa shape index (κ2) is 6.73. The van der Waals surface area contributed by atoms with Crippen LogP contribution in [0.3, 0.4) is 0 Å². The van der Waals surface area contributed by atoms with Crippen LogP contribution in [-0.2, 0) is 0 Å². The predicted octanol–water partition coefficient (Wildman–Crippen LogP) is 7.58. The SMILES string of the molecule is C1=CC2C(C=C1c1ccc3[nH]c4ccccc4c3c1)c1ccccc1N2c1ccccc1. The zero-order valence-corrected chi connectivity index (χ0v) is 17.6. The normalized spacial score (nSPS) is 19.2. The Morgan fingerprint density at radius 2 is 1.47 bits per heavy atom. The number of anilines is 2. The van der Waals surface area contributed by atoms with Crippen LogP contribution in [0, 0.1) is 0 Å².